The lowest BCUT2D eigenvalue weighted by molar-refractivity contribution is 0.305. The smallest absolute Gasteiger partial charge is 0.218 e. The Balaban J connectivity index is 1.98. The van der Waals surface area contributed by atoms with Gasteiger partial charge < -0.3 is 10.1 Å². The zero-order chi connectivity index (χ0) is 13.5. The summed E-state index contributed by atoms with van der Waals surface area (Å²) in [7, 11) is 0. The molecular weight excluding hydrogens is 306 g/mol. The zero-order valence-electron chi connectivity index (χ0n) is 10.8. The molecule has 0 radical (unpaired) electrons. The lowest BCUT2D eigenvalue weighted by Crippen LogP contribution is -2.04. The third kappa shape index (κ3) is 4.21. The molecule has 0 atom stereocenters. The van der Waals surface area contributed by atoms with E-state index in [2.05, 4.69) is 44.2 Å². The summed E-state index contributed by atoms with van der Waals surface area (Å²) in [6.07, 6.45) is 2.47. The highest BCUT2D eigenvalue weighted by molar-refractivity contribution is 9.10. The Morgan fingerprint density at radius 1 is 1.26 bits per heavy atom. The van der Waals surface area contributed by atoms with Crippen LogP contribution in [-0.2, 0) is 6.54 Å². The number of hydrogen-bond donors (Lipinski definition) is 1. The molecule has 0 saturated heterocycles. The first kappa shape index (κ1) is 13.8. The van der Waals surface area contributed by atoms with E-state index < -0.39 is 0 Å². The molecule has 0 saturated carbocycles. The second-order valence-electron chi connectivity index (χ2n) is 4.03. The van der Waals surface area contributed by atoms with E-state index in [1.54, 1.807) is 0 Å². The van der Waals surface area contributed by atoms with Crippen molar-refractivity contribution in [3.8, 4) is 5.88 Å². The van der Waals surface area contributed by atoms with Crippen LogP contribution in [0.25, 0.3) is 0 Å². The van der Waals surface area contributed by atoms with Gasteiger partial charge in [0.2, 0.25) is 5.88 Å². The molecule has 0 amide bonds. The van der Waals surface area contributed by atoms with Crippen LogP contribution in [0.2, 0.25) is 0 Å². The van der Waals surface area contributed by atoms with Gasteiger partial charge in [-0.15, -0.1) is 0 Å². The van der Waals surface area contributed by atoms with Crippen LogP contribution in [0.15, 0.2) is 41.1 Å². The first-order valence-corrected chi connectivity index (χ1v) is 7.01. The topological polar surface area (TPSA) is 47.0 Å². The summed E-state index contributed by atoms with van der Waals surface area (Å²) >= 11 is 3.52. The fourth-order valence-corrected chi connectivity index (χ4v) is 1.97. The second-order valence-corrected chi connectivity index (χ2v) is 4.89. The van der Waals surface area contributed by atoms with Crippen molar-refractivity contribution in [3.63, 3.8) is 0 Å². The van der Waals surface area contributed by atoms with Gasteiger partial charge in [-0.05, 0) is 18.1 Å². The molecule has 2 aromatic rings. The molecule has 1 heterocycles. The first-order chi connectivity index (χ1) is 9.29. The van der Waals surface area contributed by atoms with Crippen LogP contribution in [0.5, 0.6) is 5.88 Å². The van der Waals surface area contributed by atoms with Crippen LogP contribution in [0.4, 0.5) is 5.82 Å². The van der Waals surface area contributed by atoms with Crippen LogP contribution in [0.3, 0.4) is 0 Å². The third-order valence-electron chi connectivity index (χ3n) is 2.51. The first-order valence-electron chi connectivity index (χ1n) is 6.21. The highest BCUT2D eigenvalue weighted by Gasteiger charge is 2.01. The van der Waals surface area contributed by atoms with Crippen molar-refractivity contribution in [1.29, 1.82) is 0 Å². The minimum absolute atomic E-state index is 0.603. The van der Waals surface area contributed by atoms with Gasteiger partial charge in [-0.25, -0.2) is 9.97 Å². The van der Waals surface area contributed by atoms with Gasteiger partial charge >= 0.3 is 0 Å². The zero-order valence-corrected chi connectivity index (χ0v) is 12.4. The Kier molecular flexibility index (Phi) is 5.15. The van der Waals surface area contributed by atoms with Crippen molar-refractivity contribution in [2.45, 2.75) is 19.9 Å². The maximum absolute atomic E-state index is 5.47. The molecule has 1 aromatic heterocycles. The van der Waals surface area contributed by atoms with Crippen molar-refractivity contribution < 1.29 is 4.74 Å². The van der Waals surface area contributed by atoms with E-state index in [-0.39, 0.29) is 0 Å². The van der Waals surface area contributed by atoms with Gasteiger partial charge in [-0.2, -0.15) is 0 Å². The number of anilines is 1. The Hall–Kier alpha value is -1.62. The maximum atomic E-state index is 5.47. The predicted octanol–water partition coefficient (Wildman–Crippen LogP) is 3.64. The quantitative estimate of drug-likeness (QED) is 0.882. The van der Waals surface area contributed by atoms with Crippen LogP contribution in [-0.4, -0.2) is 16.6 Å². The van der Waals surface area contributed by atoms with Gasteiger partial charge in [0.25, 0.3) is 0 Å². The van der Waals surface area contributed by atoms with Gasteiger partial charge in [0, 0.05) is 17.1 Å². The molecule has 0 aliphatic rings. The molecule has 0 unspecified atom stereocenters. The molecule has 4 nitrogen and oxygen atoms in total. The number of benzene rings is 1. The summed E-state index contributed by atoms with van der Waals surface area (Å²) in [6, 6.07) is 9.90. The molecule has 1 N–H and O–H groups in total. The summed E-state index contributed by atoms with van der Waals surface area (Å²) in [5.74, 6) is 1.36. The van der Waals surface area contributed by atoms with E-state index in [4.69, 9.17) is 4.74 Å². The monoisotopic (exact) mass is 321 g/mol. The molecule has 100 valence electrons. The summed E-state index contributed by atoms with van der Waals surface area (Å²) in [5.41, 5.74) is 1.18. The fraction of sp³-hybridized carbons (Fsp3) is 0.286. The molecule has 5 heteroatoms. The van der Waals surface area contributed by atoms with E-state index in [0.717, 1.165) is 16.7 Å². The highest BCUT2D eigenvalue weighted by Crippen LogP contribution is 2.18. The summed E-state index contributed by atoms with van der Waals surface area (Å²) in [6.45, 7) is 3.43. The Bertz CT molecular complexity index is 534. The minimum Gasteiger partial charge on any atom is -0.478 e. The van der Waals surface area contributed by atoms with Crippen LogP contribution >= 0.6 is 15.9 Å². The second kappa shape index (κ2) is 7.09. The number of hydrogen-bond acceptors (Lipinski definition) is 4. The minimum atomic E-state index is 0.603. The van der Waals surface area contributed by atoms with Crippen LogP contribution in [0, 0.1) is 0 Å². The van der Waals surface area contributed by atoms with Crippen LogP contribution < -0.4 is 10.1 Å². The maximum Gasteiger partial charge on any atom is 0.218 e. The fourth-order valence-electron chi connectivity index (χ4n) is 1.55. The largest absolute Gasteiger partial charge is 0.478 e. The van der Waals surface area contributed by atoms with Gasteiger partial charge in [0.1, 0.15) is 12.1 Å². The third-order valence-corrected chi connectivity index (χ3v) is 3.29. The molecule has 0 fully saturated rings. The Labute approximate surface area is 121 Å². The summed E-state index contributed by atoms with van der Waals surface area (Å²) < 4.78 is 6.55. The summed E-state index contributed by atoms with van der Waals surface area (Å²) in [5, 5.41) is 3.26. The van der Waals surface area contributed by atoms with E-state index in [0.29, 0.717) is 19.0 Å². The standard InChI is InChI=1S/C14H16BrN3O/c1-2-7-19-14-8-13(17-10-18-14)16-9-11-5-3-4-6-12(11)15/h3-6,8,10H,2,7,9H2,1H3,(H,16,17,18). The van der Waals surface area contributed by atoms with E-state index in [1.165, 1.54) is 11.9 Å². The van der Waals surface area contributed by atoms with Crippen molar-refractivity contribution in [3.05, 3.63) is 46.7 Å². The number of aromatic nitrogens is 2. The molecule has 2 rings (SSSR count). The number of halogens is 1. The van der Waals surface area contributed by atoms with Crippen molar-refractivity contribution in [1.82, 2.24) is 9.97 Å². The van der Waals surface area contributed by atoms with Crippen molar-refractivity contribution >= 4 is 21.7 Å². The van der Waals surface area contributed by atoms with Gasteiger partial charge in [-0.1, -0.05) is 41.1 Å². The number of ether oxygens (including phenoxy) is 1. The average Bonchev–Trinajstić information content (AvgIpc) is 2.45. The van der Waals surface area contributed by atoms with Gasteiger partial charge in [0.05, 0.1) is 6.61 Å². The van der Waals surface area contributed by atoms with E-state index in [1.807, 2.05) is 24.3 Å². The van der Waals surface area contributed by atoms with Gasteiger partial charge in [0.15, 0.2) is 0 Å². The SMILES string of the molecule is CCCOc1cc(NCc2ccccc2Br)ncn1. The number of rotatable bonds is 6. The lowest BCUT2D eigenvalue weighted by Gasteiger charge is -2.08. The normalized spacial score (nSPS) is 10.2. The van der Waals surface area contributed by atoms with E-state index in [9.17, 15) is 0 Å². The molecule has 19 heavy (non-hydrogen) atoms. The molecule has 0 spiro atoms. The number of nitrogens with zero attached hydrogens (tertiary/aromatic N) is 2. The molecule has 1 aromatic carbocycles. The predicted molar refractivity (Wildman–Crippen MR) is 79.3 cm³/mol. The highest BCUT2D eigenvalue weighted by atomic mass is 79.9. The Morgan fingerprint density at radius 2 is 2.11 bits per heavy atom. The van der Waals surface area contributed by atoms with Crippen LogP contribution in [0.1, 0.15) is 18.9 Å². The average molecular weight is 322 g/mol. The van der Waals surface area contributed by atoms with Crippen molar-refractivity contribution in [2.24, 2.45) is 0 Å². The summed E-state index contributed by atoms with van der Waals surface area (Å²) in [4.78, 5) is 8.24. The number of nitrogens with one attached hydrogen (secondary N) is 1. The molecule has 0 aliphatic heterocycles. The Morgan fingerprint density at radius 3 is 2.89 bits per heavy atom. The van der Waals surface area contributed by atoms with Crippen molar-refractivity contribution in [2.75, 3.05) is 11.9 Å². The van der Waals surface area contributed by atoms with E-state index >= 15 is 0 Å². The molecule has 0 aliphatic carbocycles. The molecule has 0 bridgehead atoms. The lowest BCUT2D eigenvalue weighted by atomic mass is 10.2. The van der Waals surface area contributed by atoms with Gasteiger partial charge in [-0.3, -0.25) is 0 Å². The molecular formula is C14H16BrN3O.